The van der Waals surface area contributed by atoms with Crippen LogP contribution in [-0.2, 0) is 0 Å². The van der Waals surface area contributed by atoms with Gasteiger partial charge in [0.2, 0.25) is 0 Å². The van der Waals surface area contributed by atoms with Gasteiger partial charge in [-0.15, -0.1) is 0 Å². The van der Waals surface area contributed by atoms with E-state index in [9.17, 15) is 8.78 Å². The first-order valence-corrected chi connectivity index (χ1v) is 7.40. The number of ether oxygens (including phenoxy) is 1. The minimum atomic E-state index is -2.72. The monoisotopic (exact) mass is 401 g/mol. The Morgan fingerprint density at radius 2 is 1.96 bits per heavy atom. The normalized spacial score (nSPS) is 11.0. The zero-order chi connectivity index (χ0) is 16.4. The molecule has 0 fully saturated rings. The zero-order valence-corrected chi connectivity index (χ0v) is 13.6. The van der Waals surface area contributed by atoms with E-state index in [4.69, 9.17) is 20.9 Å². The van der Waals surface area contributed by atoms with Gasteiger partial charge in [-0.1, -0.05) is 22.8 Å². The fourth-order valence-electron chi connectivity index (χ4n) is 1.79. The topological polar surface area (TPSA) is 61.0 Å². The third kappa shape index (κ3) is 3.48. The summed E-state index contributed by atoms with van der Waals surface area (Å²) in [6.07, 6.45) is 0.0365. The van der Waals surface area contributed by atoms with E-state index in [0.717, 1.165) is 6.07 Å². The molecular weight excluding hydrogens is 396 g/mol. The van der Waals surface area contributed by atoms with Crippen molar-refractivity contribution < 1.29 is 18.0 Å². The van der Waals surface area contributed by atoms with Gasteiger partial charge in [0.15, 0.2) is 5.76 Å². The molecule has 0 radical (unpaired) electrons. The van der Waals surface area contributed by atoms with Crippen LogP contribution < -0.4 is 4.74 Å². The van der Waals surface area contributed by atoms with Crippen LogP contribution in [0.15, 0.2) is 45.7 Å². The predicted octanol–water partition coefficient (Wildman–Crippen LogP) is 5.28. The maximum absolute atomic E-state index is 12.7. The molecule has 0 unspecified atom stereocenters. The Hall–Kier alpha value is -2.06. The summed E-state index contributed by atoms with van der Waals surface area (Å²) in [5.74, 6) is 0.454. The number of hydrogen-bond acceptors (Lipinski definition) is 5. The highest BCUT2D eigenvalue weighted by molar-refractivity contribution is 9.10. The molecule has 0 aliphatic carbocycles. The molecule has 0 saturated heterocycles. The molecule has 3 aromatic rings. The van der Waals surface area contributed by atoms with E-state index in [1.807, 2.05) is 0 Å². The number of aromatic nitrogens is 3. The van der Waals surface area contributed by atoms with Crippen molar-refractivity contribution in [2.45, 2.75) is 6.43 Å². The highest BCUT2D eigenvalue weighted by atomic mass is 79.9. The summed E-state index contributed by atoms with van der Waals surface area (Å²) in [7, 11) is 0. The molecule has 23 heavy (non-hydrogen) atoms. The summed E-state index contributed by atoms with van der Waals surface area (Å²) in [6, 6.07) is 6.27. The molecule has 9 heteroatoms. The molecule has 0 spiro atoms. The van der Waals surface area contributed by atoms with E-state index in [-0.39, 0.29) is 11.8 Å². The Balaban J connectivity index is 2.00. The second-order valence-corrected chi connectivity index (χ2v) is 5.61. The zero-order valence-electron chi connectivity index (χ0n) is 11.2. The van der Waals surface area contributed by atoms with Crippen LogP contribution in [0.1, 0.15) is 12.1 Å². The highest BCUT2D eigenvalue weighted by Gasteiger charge is 2.20. The van der Waals surface area contributed by atoms with E-state index in [0.29, 0.717) is 20.8 Å². The summed E-state index contributed by atoms with van der Waals surface area (Å²) in [4.78, 5) is 7.85. The third-order valence-electron chi connectivity index (χ3n) is 2.77. The van der Waals surface area contributed by atoms with E-state index >= 15 is 0 Å². The molecule has 0 aliphatic rings. The average molecular weight is 403 g/mol. The number of nitrogens with zero attached hydrogens (tertiary/aromatic N) is 3. The predicted molar refractivity (Wildman–Crippen MR) is 81.7 cm³/mol. The molecular formula is C14H7BrClF2N3O2. The van der Waals surface area contributed by atoms with Gasteiger partial charge in [0.25, 0.3) is 6.43 Å². The molecule has 2 heterocycles. The molecule has 0 aliphatic heterocycles. The van der Waals surface area contributed by atoms with Gasteiger partial charge in [-0.3, -0.25) is 0 Å². The van der Waals surface area contributed by atoms with Crippen molar-refractivity contribution in [3.05, 3.63) is 51.8 Å². The van der Waals surface area contributed by atoms with Crippen LogP contribution in [0.5, 0.6) is 11.8 Å². The van der Waals surface area contributed by atoms with Crippen molar-refractivity contribution in [1.82, 2.24) is 15.1 Å². The summed E-state index contributed by atoms with van der Waals surface area (Å²) >= 11 is 9.05. The van der Waals surface area contributed by atoms with Gasteiger partial charge in [-0.2, -0.15) is 0 Å². The summed E-state index contributed by atoms with van der Waals surface area (Å²) < 4.78 is 36.5. The van der Waals surface area contributed by atoms with Gasteiger partial charge in [0, 0.05) is 10.5 Å². The summed E-state index contributed by atoms with van der Waals surface area (Å²) in [5.41, 5.74) is -0.0325. The molecule has 118 valence electrons. The van der Waals surface area contributed by atoms with Crippen molar-refractivity contribution >= 4 is 27.5 Å². The van der Waals surface area contributed by atoms with Crippen LogP contribution in [0.3, 0.4) is 0 Å². The average Bonchev–Trinajstić information content (AvgIpc) is 2.99. The lowest BCUT2D eigenvalue weighted by atomic mass is 10.1. The van der Waals surface area contributed by atoms with E-state index in [1.54, 1.807) is 18.2 Å². The maximum atomic E-state index is 12.7. The van der Waals surface area contributed by atoms with Crippen LogP contribution in [0.2, 0.25) is 5.02 Å². The van der Waals surface area contributed by atoms with E-state index < -0.39 is 12.1 Å². The smallest absolute Gasteiger partial charge is 0.321 e. The molecule has 0 amide bonds. The van der Waals surface area contributed by atoms with Crippen molar-refractivity contribution in [1.29, 1.82) is 0 Å². The highest BCUT2D eigenvalue weighted by Crippen LogP contribution is 2.39. The fraction of sp³-hybridized carbons (Fsp3) is 0.0714. The van der Waals surface area contributed by atoms with Crippen LogP contribution in [0.25, 0.3) is 11.3 Å². The fourth-order valence-corrected chi connectivity index (χ4v) is 2.43. The lowest BCUT2D eigenvalue weighted by Crippen LogP contribution is -1.93. The van der Waals surface area contributed by atoms with Gasteiger partial charge >= 0.3 is 6.01 Å². The van der Waals surface area contributed by atoms with E-state index in [1.165, 1.54) is 12.4 Å². The lowest BCUT2D eigenvalue weighted by Gasteiger charge is -2.09. The Morgan fingerprint density at radius 1 is 1.22 bits per heavy atom. The maximum Gasteiger partial charge on any atom is 0.321 e. The Labute approximate surface area is 142 Å². The van der Waals surface area contributed by atoms with Crippen molar-refractivity contribution in [3.63, 3.8) is 0 Å². The quantitative estimate of drug-likeness (QED) is 0.594. The number of benzene rings is 1. The molecule has 3 rings (SSSR count). The Kier molecular flexibility index (Phi) is 4.53. The molecule has 0 saturated carbocycles. The standard InChI is InChI=1S/C14H7BrClF2N3O2/c15-8-2-1-3-10(22-14-19-5-7(16)6-20-14)12(8)11-4-9(13(17)18)21-23-11/h1-6,13H. The Bertz CT molecular complexity index is 827. The molecule has 5 nitrogen and oxygen atoms in total. The minimum absolute atomic E-state index is 0.0577. The van der Waals surface area contributed by atoms with Crippen molar-refractivity contribution in [2.24, 2.45) is 0 Å². The van der Waals surface area contributed by atoms with Crippen LogP contribution >= 0.6 is 27.5 Å². The largest absolute Gasteiger partial charge is 0.423 e. The first-order chi connectivity index (χ1) is 11.0. The number of rotatable bonds is 4. The van der Waals surface area contributed by atoms with Crippen LogP contribution in [-0.4, -0.2) is 15.1 Å². The van der Waals surface area contributed by atoms with Gasteiger partial charge in [0.1, 0.15) is 11.4 Å². The molecule has 0 bridgehead atoms. The second kappa shape index (κ2) is 6.59. The second-order valence-electron chi connectivity index (χ2n) is 4.32. The number of alkyl halides is 2. The van der Waals surface area contributed by atoms with Crippen LogP contribution in [0, 0.1) is 0 Å². The summed E-state index contributed by atoms with van der Waals surface area (Å²) in [5, 5.41) is 3.71. The van der Waals surface area contributed by atoms with Crippen molar-refractivity contribution in [2.75, 3.05) is 0 Å². The minimum Gasteiger partial charge on any atom is -0.423 e. The van der Waals surface area contributed by atoms with Gasteiger partial charge in [0.05, 0.1) is 23.0 Å². The number of halogens is 4. The molecule has 2 aromatic heterocycles. The van der Waals surface area contributed by atoms with Gasteiger partial charge in [-0.25, -0.2) is 18.7 Å². The Morgan fingerprint density at radius 3 is 2.61 bits per heavy atom. The van der Waals surface area contributed by atoms with Gasteiger partial charge in [-0.05, 0) is 28.1 Å². The SMILES string of the molecule is FC(F)c1cc(-c2c(Br)cccc2Oc2ncc(Cl)cn2)on1. The first kappa shape index (κ1) is 15.8. The lowest BCUT2D eigenvalue weighted by molar-refractivity contribution is 0.140. The van der Waals surface area contributed by atoms with E-state index in [2.05, 4.69) is 31.1 Å². The summed E-state index contributed by atoms with van der Waals surface area (Å²) in [6.45, 7) is 0. The van der Waals surface area contributed by atoms with Gasteiger partial charge < -0.3 is 9.26 Å². The third-order valence-corrected chi connectivity index (χ3v) is 3.63. The molecule has 1 aromatic carbocycles. The molecule has 0 atom stereocenters. The van der Waals surface area contributed by atoms with Crippen molar-refractivity contribution in [3.8, 4) is 23.1 Å². The van der Waals surface area contributed by atoms with Crippen LogP contribution in [0.4, 0.5) is 8.78 Å². The first-order valence-electron chi connectivity index (χ1n) is 6.23. The number of hydrogen-bond donors (Lipinski definition) is 0. The molecule has 0 N–H and O–H groups in total.